The third-order valence-corrected chi connectivity index (χ3v) is 8.42. The highest BCUT2D eigenvalue weighted by atomic mass is 32.2. The minimum absolute atomic E-state index is 0.262. The van der Waals surface area contributed by atoms with Crippen LogP contribution in [0.4, 0.5) is 0 Å². The first-order valence-corrected chi connectivity index (χ1v) is 13.9. The minimum Gasteiger partial charge on any atom is -0.286 e. The Morgan fingerprint density at radius 1 is 1.03 bits per heavy atom. The van der Waals surface area contributed by atoms with Crippen molar-refractivity contribution in [2.75, 3.05) is 13.1 Å². The molecule has 1 N–H and O–H groups in total. The molecule has 0 radical (unpaired) electrons. The molecule has 182 valence electrons. The largest absolute Gasteiger partial charge is 0.286 e. The van der Waals surface area contributed by atoms with Crippen molar-refractivity contribution in [2.45, 2.75) is 75.8 Å². The molecule has 2 atom stereocenters. The summed E-state index contributed by atoms with van der Waals surface area (Å²) in [5, 5.41) is 0. The zero-order valence-electron chi connectivity index (χ0n) is 20.3. The molecule has 1 fully saturated rings. The molecule has 0 spiro atoms. The fourth-order valence-corrected chi connectivity index (χ4v) is 6.26. The van der Waals surface area contributed by atoms with E-state index in [1.165, 1.54) is 16.8 Å². The molecule has 1 saturated heterocycles. The maximum atomic E-state index is 12.5. The lowest BCUT2D eigenvalue weighted by atomic mass is 9.88. The van der Waals surface area contributed by atoms with Gasteiger partial charge in [-0.3, -0.25) is 14.9 Å². The molecule has 3 heterocycles. The molecule has 2 aliphatic heterocycles. The number of likely N-dealkylation sites (tertiary alicyclic amines) is 1. The van der Waals surface area contributed by atoms with Crippen molar-refractivity contribution < 1.29 is 8.42 Å². The Morgan fingerprint density at radius 2 is 1.82 bits per heavy atom. The van der Waals surface area contributed by atoms with E-state index in [0.29, 0.717) is 11.4 Å². The van der Waals surface area contributed by atoms with Crippen molar-refractivity contribution in [2.24, 2.45) is 4.99 Å². The van der Waals surface area contributed by atoms with Crippen LogP contribution in [0.1, 0.15) is 69.2 Å². The van der Waals surface area contributed by atoms with Crippen LogP contribution in [0.2, 0.25) is 0 Å². The van der Waals surface area contributed by atoms with E-state index < -0.39 is 10.0 Å². The van der Waals surface area contributed by atoms with Gasteiger partial charge >= 0.3 is 0 Å². The Morgan fingerprint density at radius 3 is 2.59 bits per heavy atom. The lowest BCUT2D eigenvalue weighted by molar-refractivity contribution is 0.0953. The zero-order valence-corrected chi connectivity index (χ0v) is 21.1. The van der Waals surface area contributed by atoms with Crippen LogP contribution in [0, 0.1) is 6.92 Å². The summed E-state index contributed by atoms with van der Waals surface area (Å²) in [6.45, 7) is 5.69. The minimum atomic E-state index is -3.46. The van der Waals surface area contributed by atoms with E-state index >= 15 is 0 Å². The molecule has 0 unspecified atom stereocenters. The summed E-state index contributed by atoms with van der Waals surface area (Å²) in [6, 6.07) is 13.3. The summed E-state index contributed by atoms with van der Waals surface area (Å²) in [7, 11) is -3.46. The molecule has 0 saturated carbocycles. The van der Waals surface area contributed by atoms with Gasteiger partial charge in [0.15, 0.2) is 0 Å². The van der Waals surface area contributed by atoms with Crippen LogP contribution in [0.3, 0.4) is 0 Å². The van der Waals surface area contributed by atoms with Crippen molar-refractivity contribution in [1.29, 1.82) is 0 Å². The first-order chi connectivity index (χ1) is 16.5. The van der Waals surface area contributed by atoms with Gasteiger partial charge in [-0.1, -0.05) is 24.3 Å². The van der Waals surface area contributed by atoms with Crippen LogP contribution in [-0.4, -0.2) is 43.6 Å². The van der Waals surface area contributed by atoms with E-state index in [0.717, 1.165) is 57.2 Å². The van der Waals surface area contributed by atoms with Gasteiger partial charge in [0.25, 0.3) is 0 Å². The highest BCUT2D eigenvalue weighted by Gasteiger charge is 2.35. The summed E-state index contributed by atoms with van der Waals surface area (Å²) in [6.07, 6.45) is 11.1. The topological polar surface area (TPSA) is 74.7 Å². The molecule has 34 heavy (non-hydrogen) atoms. The smallest absolute Gasteiger partial charge is 0.240 e. The normalized spacial score (nSPS) is 21.7. The number of allylic oxidation sites excluding steroid dienone is 1. The summed E-state index contributed by atoms with van der Waals surface area (Å²) in [5.74, 6) is 0. The monoisotopic (exact) mass is 480 g/mol. The van der Waals surface area contributed by atoms with E-state index in [2.05, 4.69) is 35.8 Å². The Labute approximate surface area is 204 Å². The van der Waals surface area contributed by atoms with Gasteiger partial charge in [-0.2, -0.15) is 0 Å². The second-order valence-electron chi connectivity index (χ2n) is 9.34. The Bertz CT molecular complexity index is 1130. The van der Waals surface area contributed by atoms with Crippen LogP contribution in [0.15, 0.2) is 69.8 Å². The first-order valence-electron chi connectivity index (χ1n) is 12.4. The number of hydrogen-bond donors (Lipinski definition) is 1. The summed E-state index contributed by atoms with van der Waals surface area (Å²) < 4.78 is 27.8. The van der Waals surface area contributed by atoms with E-state index in [4.69, 9.17) is 9.98 Å². The van der Waals surface area contributed by atoms with Gasteiger partial charge in [0.2, 0.25) is 10.0 Å². The van der Waals surface area contributed by atoms with Crippen molar-refractivity contribution in [1.82, 2.24) is 14.6 Å². The predicted molar refractivity (Wildman–Crippen MR) is 137 cm³/mol. The van der Waals surface area contributed by atoms with Crippen molar-refractivity contribution in [3.8, 4) is 0 Å². The number of hydrogen-bond acceptors (Lipinski definition) is 5. The molecule has 6 nitrogen and oxygen atoms in total. The second kappa shape index (κ2) is 11.4. The third-order valence-electron chi connectivity index (χ3n) is 6.94. The molecule has 0 amide bonds. The fourth-order valence-electron chi connectivity index (χ4n) is 5.16. The first kappa shape index (κ1) is 24.8. The van der Waals surface area contributed by atoms with Gasteiger partial charge in [0.1, 0.15) is 0 Å². The maximum Gasteiger partial charge on any atom is 0.240 e. The highest BCUT2D eigenvalue weighted by Crippen LogP contribution is 2.39. The number of nitrogens with zero attached hydrogens (tertiary/aromatic N) is 3. The van der Waals surface area contributed by atoms with E-state index in [1.54, 1.807) is 24.3 Å². The summed E-state index contributed by atoms with van der Waals surface area (Å²) in [5.41, 5.74) is 5.02. The van der Waals surface area contributed by atoms with Crippen LogP contribution in [0.5, 0.6) is 0 Å². The van der Waals surface area contributed by atoms with Gasteiger partial charge in [0, 0.05) is 19.0 Å². The van der Waals surface area contributed by atoms with E-state index in [1.807, 2.05) is 18.3 Å². The number of benzene rings is 1. The molecular formula is C27H36N4O2S. The fraction of sp³-hybridized carbons (Fsp3) is 0.481. The molecule has 1 aromatic carbocycles. The number of aryl methyl sites for hydroxylation is 1. The van der Waals surface area contributed by atoms with Crippen LogP contribution < -0.4 is 4.72 Å². The molecule has 0 aliphatic carbocycles. The molecule has 1 aromatic heterocycles. The van der Waals surface area contributed by atoms with Gasteiger partial charge in [0.05, 0.1) is 28.4 Å². The quantitative estimate of drug-likeness (QED) is 0.502. The zero-order chi connectivity index (χ0) is 24.0. The van der Waals surface area contributed by atoms with Crippen LogP contribution >= 0.6 is 0 Å². The molecule has 0 bridgehead atoms. The lowest BCUT2D eigenvalue weighted by Gasteiger charge is -2.43. The number of piperidine rings is 1. The maximum absolute atomic E-state index is 12.5. The average Bonchev–Trinajstić information content (AvgIpc) is 2.85. The molecule has 7 heteroatoms. The summed E-state index contributed by atoms with van der Waals surface area (Å²) in [4.78, 5) is 12.5. The highest BCUT2D eigenvalue weighted by molar-refractivity contribution is 7.89. The number of aromatic nitrogens is 1. The third kappa shape index (κ3) is 5.82. The number of sulfonamides is 1. The Balaban J connectivity index is 1.45. The van der Waals surface area contributed by atoms with Crippen molar-refractivity contribution >= 4 is 16.2 Å². The van der Waals surface area contributed by atoms with Gasteiger partial charge < -0.3 is 0 Å². The predicted octanol–water partition coefficient (Wildman–Crippen LogP) is 5.18. The number of rotatable bonds is 9. The number of unbranched alkanes of at least 4 members (excludes halogenated alkanes) is 1. The van der Waals surface area contributed by atoms with Crippen LogP contribution in [-0.2, 0) is 10.0 Å². The second-order valence-corrected chi connectivity index (χ2v) is 11.1. The van der Waals surface area contributed by atoms with E-state index in [-0.39, 0.29) is 12.1 Å². The number of nitrogens with one attached hydrogen (secondary N) is 1. The molecular weight excluding hydrogens is 444 g/mol. The van der Waals surface area contributed by atoms with Gasteiger partial charge in [-0.05, 0) is 94.7 Å². The van der Waals surface area contributed by atoms with E-state index in [9.17, 15) is 8.42 Å². The standard InChI is InChI=1S/C27H36N4O2S/c1-21-11-9-17-28-26(21)24-15-8-16-25(27-22(2)12-10-18-29-27)31(24)20-7-6-19-30-34(32,33)23-13-4-3-5-14-23/h3-5,9,11,13-14,17-18,24-25,30H,6-8,10,12,15-16,19-20H2,1-2H3/t24-,25+/m1/s1. The molecule has 2 aliphatic rings. The Hall–Kier alpha value is -2.35. The van der Waals surface area contributed by atoms with Crippen LogP contribution in [0.25, 0.3) is 0 Å². The van der Waals surface area contributed by atoms with Crippen molar-refractivity contribution in [3.05, 3.63) is 71.2 Å². The SMILES string of the molecule is CC1=C([C@@H]2CCC[C@H](c3ncccc3C)N2CCCCNS(=O)(=O)c2ccccc2)N=CCC1. The molecule has 2 aromatic rings. The van der Waals surface area contributed by atoms with Gasteiger partial charge in [-0.25, -0.2) is 13.1 Å². The van der Waals surface area contributed by atoms with Crippen molar-refractivity contribution in [3.63, 3.8) is 0 Å². The number of aliphatic imine (C=N–C) groups is 1. The van der Waals surface area contributed by atoms with Gasteiger partial charge in [-0.15, -0.1) is 0 Å². The Kier molecular flexibility index (Phi) is 8.29. The summed E-state index contributed by atoms with van der Waals surface area (Å²) >= 11 is 0. The lowest BCUT2D eigenvalue weighted by Crippen LogP contribution is -2.44. The number of pyridine rings is 1. The molecule has 4 rings (SSSR count). The average molecular weight is 481 g/mol.